The van der Waals surface area contributed by atoms with Crippen LogP contribution in [0, 0.1) is 0 Å². The minimum atomic E-state index is 0.523. The van der Waals surface area contributed by atoms with Gasteiger partial charge in [0, 0.05) is 5.92 Å². The van der Waals surface area contributed by atoms with Gasteiger partial charge < -0.3 is 4.74 Å². The van der Waals surface area contributed by atoms with Crippen molar-refractivity contribution in [3.8, 4) is 0 Å². The molecule has 2 atom stereocenters. The average molecular weight is 359 g/mol. The summed E-state index contributed by atoms with van der Waals surface area (Å²) < 4.78 is 6.19. The van der Waals surface area contributed by atoms with Crippen molar-refractivity contribution >= 4 is 0 Å². The second-order valence-electron chi connectivity index (χ2n) is 8.34. The van der Waals surface area contributed by atoms with E-state index in [1.54, 1.807) is 0 Å². The number of hydrogen-bond donors (Lipinski definition) is 0. The highest BCUT2D eigenvalue weighted by atomic mass is 16.5. The summed E-state index contributed by atoms with van der Waals surface area (Å²) >= 11 is 0. The lowest BCUT2D eigenvalue weighted by atomic mass is 9.89. The van der Waals surface area contributed by atoms with Crippen LogP contribution >= 0.6 is 0 Å². The molecule has 0 radical (unpaired) electrons. The number of ether oxygens (including phenoxy) is 1. The predicted molar refractivity (Wildman–Crippen MR) is 114 cm³/mol. The maximum atomic E-state index is 6.19. The molecular weight excluding hydrogens is 316 g/mol. The zero-order valence-corrected chi connectivity index (χ0v) is 17.5. The highest BCUT2D eigenvalue weighted by Crippen LogP contribution is 2.30. The van der Waals surface area contributed by atoms with Crippen LogP contribution in [-0.2, 0) is 11.2 Å². The van der Waals surface area contributed by atoms with E-state index in [2.05, 4.69) is 38.1 Å². The Kier molecular flexibility index (Phi) is 11.0. The van der Waals surface area contributed by atoms with Crippen molar-refractivity contribution in [2.45, 2.75) is 116 Å². The molecular formula is C25H42O. The number of unbranched alkanes of at least 4 members (excludes halogenated alkanes) is 8. The molecule has 0 spiro atoms. The standard InChI is InChI=1S/C25H42O/c1-3-5-7-9-10-12-14-25-20-19-24(21-26-25)23-17-15-22(16-18-23)13-11-8-6-4-2/h15-18,24-25H,3-14,19-21H2,1-2H3. The molecule has 1 saturated heterocycles. The second kappa shape index (κ2) is 13.4. The zero-order valence-electron chi connectivity index (χ0n) is 17.5. The fraction of sp³-hybridized carbons (Fsp3) is 0.760. The molecule has 26 heavy (non-hydrogen) atoms. The monoisotopic (exact) mass is 358 g/mol. The normalized spacial score (nSPS) is 20.4. The first-order chi connectivity index (χ1) is 12.8. The number of aryl methyl sites for hydroxylation is 1. The number of rotatable bonds is 13. The Morgan fingerprint density at radius 2 is 1.42 bits per heavy atom. The number of hydrogen-bond acceptors (Lipinski definition) is 1. The topological polar surface area (TPSA) is 9.23 Å². The maximum absolute atomic E-state index is 6.19. The fourth-order valence-corrected chi connectivity index (χ4v) is 4.16. The molecule has 0 N–H and O–H groups in total. The third kappa shape index (κ3) is 8.25. The molecule has 148 valence electrons. The Bertz CT molecular complexity index is 442. The van der Waals surface area contributed by atoms with Gasteiger partial charge in [0.05, 0.1) is 12.7 Å². The molecule has 0 aromatic heterocycles. The van der Waals surface area contributed by atoms with Gasteiger partial charge in [0.15, 0.2) is 0 Å². The van der Waals surface area contributed by atoms with Crippen LogP contribution in [0.15, 0.2) is 24.3 Å². The summed E-state index contributed by atoms with van der Waals surface area (Å²) in [7, 11) is 0. The van der Waals surface area contributed by atoms with Crippen LogP contribution in [0.5, 0.6) is 0 Å². The molecule has 1 heteroatoms. The van der Waals surface area contributed by atoms with Gasteiger partial charge >= 0.3 is 0 Å². The maximum Gasteiger partial charge on any atom is 0.0575 e. The van der Waals surface area contributed by atoms with Crippen molar-refractivity contribution in [1.82, 2.24) is 0 Å². The Morgan fingerprint density at radius 3 is 2.08 bits per heavy atom. The van der Waals surface area contributed by atoms with E-state index >= 15 is 0 Å². The van der Waals surface area contributed by atoms with Gasteiger partial charge in [-0.3, -0.25) is 0 Å². The smallest absolute Gasteiger partial charge is 0.0575 e. The van der Waals surface area contributed by atoms with E-state index in [-0.39, 0.29) is 0 Å². The van der Waals surface area contributed by atoms with Crippen LogP contribution in [0.1, 0.15) is 114 Å². The Balaban J connectivity index is 1.61. The molecule has 1 fully saturated rings. The molecule has 1 aliphatic rings. The quantitative estimate of drug-likeness (QED) is 0.326. The first kappa shape index (κ1) is 21.5. The summed E-state index contributed by atoms with van der Waals surface area (Å²) in [5.41, 5.74) is 2.99. The average Bonchev–Trinajstić information content (AvgIpc) is 2.69. The molecule has 1 heterocycles. The van der Waals surface area contributed by atoms with E-state index in [0.717, 1.165) is 6.61 Å². The second-order valence-corrected chi connectivity index (χ2v) is 8.34. The summed E-state index contributed by atoms with van der Waals surface area (Å²) in [4.78, 5) is 0. The van der Waals surface area contributed by atoms with Crippen molar-refractivity contribution < 1.29 is 4.74 Å². The zero-order chi connectivity index (χ0) is 18.5. The van der Waals surface area contributed by atoms with E-state index in [4.69, 9.17) is 4.74 Å². The molecule has 1 aliphatic heterocycles. The van der Waals surface area contributed by atoms with Crippen molar-refractivity contribution in [3.63, 3.8) is 0 Å². The molecule has 1 aromatic carbocycles. The lowest BCUT2D eigenvalue weighted by Crippen LogP contribution is -2.24. The van der Waals surface area contributed by atoms with E-state index in [0.29, 0.717) is 12.0 Å². The molecule has 1 aromatic rings. The van der Waals surface area contributed by atoms with Gasteiger partial charge in [-0.1, -0.05) is 95.9 Å². The Labute approximate surface area is 162 Å². The lowest BCUT2D eigenvalue weighted by Gasteiger charge is -2.29. The first-order valence-corrected chi connectivity index (χ1v) is 11.5. The molecule has 0 aliphatic carbocycles. The Hall–Kier alpha value is -0.820. The fourth-order valence-electron chi connectivity index (χ4n) is 4.16. The van der Waals surface area contributed by atoms with Gasteiger partial charge in [0.25, 0.3) is 0 Å². The molecule has 0 amide bonds. The largest absolute Gasteiger partial charge is 0.378 e. The lowest BCUT2D eigenvalue weighted by molar-refractivity contribution is -0.00214. The van der Waals surface area contributed by atoms with Crippen LogP contribution in [-0.4, -0.2) is 12.7 Å². The highest BCUT2D eigenvalue weighted by Gasteiger charge is 2.22. The summed E-state index contributed by atoms with van der Waals surface area (Å²) in [6.45, 7) is 5.49. The number of benzene rings is 1. The summed E-state index contributed by atoms with van der Waals surface area (Å²) in [6.07, 6.45) is 19.3. The minimum Gasteiger partial charge on any atom is -0.378 e. The van der Waals surface area contributed by atoms with E-state index in [1.807, 2.05) is 0 Å². The van der Waals surface area contributed by atoms with Crippen molar-refractivity contribution in [3.05, 3.63) is 35.4 Å². The van der Waals surface area contributed by atoms with Crippen LogP contribution < -0.4 is 0 Å². The summed E-state index contributed by atoms with van der Waals surface area (Å²) in [5.74, 6) is 0.616. The molecule has 1 nitrogen and oxygen atoms in total. The van der Waals surface area contributed by atoms with Crippen LogP contribution in [0.25, 0.3) is 0 Å². The summed E-state index contributed by atoms with van der Waals surface area (Å²) in [6, 6.07) is 9.42. The third-order valence-corrected chi connectivity index (χ3v) is 6.02. The Morgan fingerprint density at radius 1 is 0.769 bits per heavy atom. The van der Waals surface area contributed by atoms with Gasteiger partial charge in [0.1, 0.15) is 0 Å². The SMILES string of the molecule is CCCCCCCCC1CCC(c2ccc(CCCCCC)cc2)CO1. The van der Waals surface area contributed by atoms with Crippen molar-refractivity contribution in [2.24, 2.45) is 0 Å². The van der Waals surface area contributed by atoms with Gasteiger partial charge in [-0.15, -0.1) is 0 Å². The molecule has 2 rings (SSSR count). The predicted octanol–water partition coefficient (Wildman–Crippen LogP) is 7.82. The van der Waals surface area contributed by atoms with Crippen LogP contribution in [0.4, 0.5) is 0 Å². The first-order valence-electron chi connectivity index (χ1n) is 11.5. The molecule has 2 unspecified atom stereocenters. The molecule has 0 bridgehead atoms. The van der Waals surface area contributed by atoms with E-state index < -0.39 is 0 Å². The molecule has 0 saturated carbocycles. The van der Waals surface area contributed by atoms with Crippen molar-refractivity contribution in [2.75, 3.05) is 6.61 Å². The van der Waals surface area contributed by atoms with Gasteiger partial charge in [-0.25, -0.2) is 0 Å². The van der Waals surface area contributed by atoms with Gasteiger partial charge in [0.2, 0.25) is 0 Å². The van der Waals surface area contributed by atoms with Crippen LogP contribution in [0.2, 0.25) is 0 Å². The van der Waals surface area contributed by atoms with Gasteiger partial charge in [-0.2, -0.15) is 0 Å². The summed E-state index contributed by atoms with van der Waals surface area (Å²) in [5, 5.41) is 0. The van der Waals surface area contributed by atoms with Gasteiger partial charge in [-0.05, 0) is 43.2 Å². The van der Waals surface area contributed by atoms with E-state index in [9.17, 15) is 0 Å². The van der Waals surface area contributed by atoms with E-state index in [1.165, 1.54) is 101 Å². The van der Waals surface area contributed by atoms with Crippen LogP contribution in [0.3, 0.4) is 0 Å². The minimum absolute atomic E-state index is 0.523. The third-order valence-electron chi connectivity index (χ3n) is 6.02. The van der Waals surface area contributed by atoms with Crippen molar-refractivity contribution in [1.29, 1.82) is 0 Å². The highest BCUT2D eigenvalue weighted by molar-refractivity contribution is 5.26.